The second-order valence-corrected chi connectivity index (χ2v) is 17.7. The number of para-hydroxylation sites is 3. The highest BCUT2D eigenvalue weighted by atomic mass is 15.1. The van der Waals surface area contributed by atoms with Gasteiger partial charge in [-0.3, -0.25) is 0 Å². The summed E-state index contributed by atoms with van der Waals surface area (Å²) in [5, 5.41) is 2.51. The molecule has 1 aromatic heterocycles. The van der Waals surface area contributed by atoms with Gasteiger partial charge in [-0.25, -0.2) is 0 Å². The van der Waals surface area contributed by atoms with Crippen molar-refractivity contribution in [1.82, 2.24) is 4.57 Å². The second kappa shape index (κ2) is 15.6. The predicted octanol–water partition coefficient (Wildman–Crippen LogP) is 17.2. The lowest BCUT2D eigenvalue weighted by atomic mass is 9.82. The Morgan fingerprint density at radius 1 is 0.323 bits per heavy atom. The van der Waals surface area contributed by atoms with Gasteiger partial charge >= 0.3 is 0 Å². The zero-order chi connectivity index (χ0) is 43.5. The van der Waals surface area contributed by atoms with Crippen LogP contribution in [0.3, 0.4) is 0 Å². The van der Waals surface area contributed by atoms with Crippen molar-refractivity contribution in [2.75, 3.05) is 4.90 Å². The lowest BCUT2D eigenvalue weighted by Gasteiger charge is -2.30. The van der Waals surface area contributed by atoms with E-state index < -0.39 is 0 Å². The maximum absolute atomic E-state index is 2.47. The van der Waals surface area contributed by atoms with Crippen LogP contribution in [-0.4, -0.2) is 4.57 Å². The molecule has 11 aromatic rings. The fourth-order valence-corrected chi connectivity index (χ4v) is 10.5. The van der Waals surface area contributed by atoms with Crippen molar-refractivity contribution in [3.63, 3.8) is 0 Å². The summed E-state index contributed by atoms with van der Waals surface area (Å²) in [5.41, 5.74) is 21.6. The molecule has 0 radical (unpaired) electrons. The zero-order valence-electron chi connectivity index (χ0n) is 36.5. The summed E-state index contributed by atoms with van der Waals surface area (Å²) in [6.45, 7) is 4.73. The van der Waals surface area contributed by atoms with E-state index in [1.807, 2.05) is 0 Å². The molecular weight excluding hydrogens is 785 g/mol. The van der Waals surface area contributed by atoms with Crippen molar-refractivity contribution in [2.45, 2.75) is 19.3 Å². The van der Waals surface area contributed by atoms with E-state index in [9.17, 15) is 0 Å². The van der Waals surface area contributed by atoms with E-state index >= 15 is 0 Å². The molecule has 0 atom stereocenters. The predicted molar refractivity (Wildman–Crippen MR) is 275 cm³/mol. The summed E-state index contributed by atoms with van der Waals surface area (Å²) in [6, 6.07) is 88.9. The first-order valence-corrected chi connectivity index (χ1v) is 22.6. The summed E-state index contributed by atoms with van der Waals surface area (Å²) in [6.07, 6.45) is 0. The number of anilines is 3. The highest BCUT2D eigenvalue weighted by Crippen LogP contribution is 2.52. The molecule has 12 rings (SSSR count). The fourth-order valence-electron chi connectivity index (χ4n) is 10.5. The average molecular weight is 831 g/mol. The van der Waals surface area contributed by atoms with Crippen molar-refractivity contribution in [2.24, 2.45) is 0 Å². The van der Waals surface area contributed by atoms with E-state index in [4.69, 9.17) is 0 Å². The number of rotatable bonds is 8. The number of aromatic nitrogens is 1. The Labute approximate surface area is 381 Å². The van der Waals surface area contributed by atoms with Crippen molar-refractivity contribution in [1.29, 1.82) is 0 Å². The molecule has 0 spiro atoms. The van der Waals surface area contributed by atoms with Gasteiger partial charge in [-0.15, -0.1) is 0 Å². The van der Waals surface area contributed by atoms with Gasteiger partial charge in [0.05, 0.1) is 16.7 Å². The van der Waals surface area contributed by atoms with Gasteiger partial charge in [-0.1, -0.05) is 202 Å². The summed E-state index contributed by atoms with van der Waals surface area (Å²) in [7, 11) is 0. The number of hydrogen-bond acceptors (Lipinski definition) is 1. The molecule has 2 nitrogen and oxygen atoms in total. The fraction of sp³-hybridized carbons (Fsp3) is 0.0476. The molecule has 0 unspecified atom stereocenters. The second-order valence-electron chi connectivity index (χ2n) is 17.7. The lowest BCUT2D eigenvalue weighted by Crippen LogP contribution is -2.17. The normalized spacial score (nSPS) is 12.6. The van der Waals surface area contributed by atoms with Gasteiger partial charge < -0.3 is 9.47 Å². The Balaban J connectivity index is 1.02. The molecule has 0 amide bonds. The Morgan fingerprint density at radius 3 is 1.60 bits per heavy atom. The first-order valence-electron chi connectivity index (χ1n) is 22.6. The van der Waals surface area contributed by atoms with Crippen LogP contribution in [0.25, 0.3) is 83.1 Å². The van der Waals surface area contributed by atoms with Gasteiger partial charge in [0.1, 0.15) is 0 Å². The van der Waals surface area contributed by atoms with Crippen LogP contribution < -0.4 is 4.90 Å². The van der Waals surface area contributed by atoms with Crippen LogP contribution in [0, 0.1) is 0 Å². The SMILES string of the molecule is CC1(C)c2ccccc2-c2ccc(N(c3ccc(-c4ccc5c6ccccc6n(-c6ccccc6)c5c4)cc3)c3ccccc3-c3ccccc3-c3ccccc3-c3ccccc3)cc21. The van der Waals surface area contributed by atoms with E-state index in [1.165, 1.54) is 83.0 Å². The van der Waals surface area contributed by atoms with Crippen LogP contribution in [0.1, 0.15) is 25.0 Å². The summed E-state index contributed by atoms with van der Waals surface area (Å²) in [5.74, 6) is 0. The van der Waals surface area contributed by atoms with Crippen LogP contribution in [-0.2, 0) is 5.41 Å². The van der Waals surface area contributed by atoms with Gasteiger partial charge in [-0.05, 0) is 116 Å². The molecule has 0 bridgehead atoms. The minimum absolute atomic E-state index is 0.147. The minimum atomic E-state index is -0.147. The van der Waals surface area contributed by atoms with E-state index in [1.54, 1.807) is 0 Å². The van der Waals surface area contributed by atoms with Crippen molar-refractivity contribution in [3.05, 3.63) is 254 Å². The molecule has 2 heteroatoms. The van der Waals surface area contributed by atoms with E-state index in [2.05, 4.69) is 266 Å². The van der Waals surface area contributed by atoms with Crippen LogP contribution in [0.15, 0.2) is 243 Å². The Kier molecular flexibility index (Phi) is 9.21. The van der Waals surface area contributed by atoms with Crippen LogP contribution >= 0.6 is 0 Å². The maximum atomic E-state index is 2.47. The monoisotopic (exact) mass is 830 g/mol. The molecule has 308 valence electrons. The third kappa shape index (κ3) is 6.40. The molecule has 10 aromatic carbocycles. The van der Waals surface area contributed by atoms with Gasteiger partial charge in [0, 0.05) is 38.8 Å². The standard InChI is InChI=1S/C63H46N2/c1-63(2)58-30-16-13-27-53(58)54-40-38-48(42-59(54)63)64(60-31-17-14-28-55(60)52-26-12-11-25-51(52)50-24-10-9-23-49(50)44-19-5-3-6-20-44)47-36-33-43(34-37-47)45-35-39-57-56-29-15-18-32-61(56)65(62(57)41-45)46-21-7-4-8-22-46/h3-42H,1-2H3. The molecular formula is C63H46N2. The maximum Gasteiger partial charge on any atom is 0.0547 e. The van der Waals surface area contributed by atoms with Crippen LogP contribution in [0.2, 0.25) is 0 Å². The number of fused-ring (bicyclic) bond motifs is 6. The third-order valence-corrected chi connectivity index (χ3v) is 13.6. The Morgan fingerprint density at radius 2 is 0.846 bits per heavy atom. The van der Waals surface area contributed by atoms with Crippen molar-refractivity contribution >= 4 is 38.9 Å². The summed E-state index contributed by atoms with van der Waals surface area (Å²) in [4.78, 5) is 2.47. The highest BCUT2D eigenvalue weighted by Gasteiger charge is 2.36. The molecule has 0 aliphatic heterocycles. The molecule has 0 N–H and O–H groups in total. The van der Waals surface area contributed by atoms with Crippen molar-refractivity contribution in [3.8, 4) is 61.3 Å². The highest BCUT2D eigenvalue weighted by molar-refractivity contribution is 6.10. The van der Waals surface area contributed by atoms with Gasteiger partial charge in [0.2, 0.25) is 0 Å². The summed E-state index contributed by atoms with van der Waals surface area (Å²) < 4.78 is 2.39. The molecule has 0 fully saturated rings. The van der Waals surface area contributed by atoms with Gasteiger partial charge in [0.15, 0.2) is 0 Å². The quantitative estimate of drug-likeness (QED) is 0.148. The number of nitrogens with zero attached hydrogens (tertiary/aromatic N) is 2. The van der Waals surface area contributed by atoms with Crippen LogP contribution in [0.4, 0.5) is 17.1 Å². The topological polar surface area (TPSA) is 8.17 Å². The first kappa shape index (κ1) is 38.5. The number of hydrogen-bond donors (Lipinski definition) is 0. The lowest BCUT2D eigenvalue weighted by molar-refractivity contribution is 0.660. The molecule has 1 heterocycles. The van der Waals surface area contributed by atoms with Crippen molar-refractivity contribution < 1.29 is 0 Å². The van der Waals surface area contributed by atoms with E-state index in [0.717, 1.165) is 28.3 Å². The van der Waals surface area contributed by atoms with Gasteiger partial charge in [-0.2, -0.15) is 0 Å². The first-order chi connectivity index (χ1) is 32.0. The Hall–Kier alpha value is -8.20. The number of benzene rings is 10. The molecule has 0 saturated heterocycles. The largest absolute Gasteiger partial charge is 0.310 e. The van der Waals surface area contributed by atoms with E-state index in [-0.39, 0.29) is 5.41 Å². The van der Waals surface area contributed by atoms with Crippen LogP contribution in [0.5, 0.6) is 0 Å². The molecule has 1 aliphatic carbocycles. The average Bonchev–Trinajstić information content (AvgIpc) is 3.82. The smallest absolute Gasteiger partial charge is 0.0547 e. The third-order valence-electron chi connectivity index (χ3n) is 13.6. The molecule has 0 saturated carbocycles. The Bertz CT molecular complexity index is 3560. The molecule has 65 heavy (non-hydrogen) atoms. The summed E-state index contributed by atoms with van der Waals surface area (Å²) >= 11 is 0. The van der Waals surface area contributed by atoms with Gasteiger partial charge in [0.25, 0.3) is 0 Å². The molecule has 1 aliphatic rings. The van der Waals surface area contributed by atoms with E-state index in [0.29, 0.717) is 0 Å². The zero-order valence-corrected chi connectivity index (χ0v) is 36.5. The minimum Gasteiger partial charge on any atom is -0.310 e.